The van der Waals surface area contributed by atoms with Crippen molar-refractivity contribution in [1.82, 2.24) is 10.2 Å². The number of anilines is 1. The van der Waals surface area contributed by atoms with Crippen molar-refractivity contribution in [2.75, 3.05) is 19.0 Å². The van der Waals surface area contributed by atoms with Crippen LogP contribution in [-0.4, -0.2) is 41.9 Å². The number of nitrogens with one attached hydrogen (secondary N) is 2. The summed E-state index contributed by atoms with van der Waals surface area (Å²) in [4.78, 5) is 39.0. The Morgan fingerprint density at radius 1 is 1.09 bits per heavy atom. The van der Waals surface area contributed by atoms with E-state index in [2.05, 4.69) is 17.6 Å². The van der Waals surface area contributed by atoms with Gasteiger partial charge in [0.1, 0.15) is 17.8 Å². The number of carbonyl (C=O) groups is 3. The lowest BCUT2D eigenvalue weighted by molar-refractivity contribution is -0.135. The molecule has 2 aromatic rings. The van der Waals surface area contributed by atoms with Gasteiger partial charge in [-0.25, -0.2) is 4.79 Å². The zero-order valence-electron chi connectivity index (χ0n) is 18.9. The molecule has 0 aromatic heterocycles. The Labute approximate surface area is 193 Å². The summed E-state index contributed by atoms with van der Waals surface area (Å²) in [5.41, 5.74) is -0.307. The van der Waals surface area contributed by atoms with Crippen molar-refractivity contribution in [3.63, 3.8) is 0 Å². The number of nitrogens with zero attached hydrogens (tertiary/aromatic N) is 1. The van der Waals surface area contributed by atoms with Crippen LogP contribution in [0.3, 0.4) is 0 Å². The molecule has 2 N–H and O–H groups in total. The zero-order chi connectivity index (χ0) is 23.4. The van der Waals surface area contributed by atoms with Crippen LogP contribution < -0.4 is 20.1 Å². The standard InChI is InChI=1S/C25H29N3O5/c1-3-17-12-14-25(15-13-17)23(30)28(24(31)27-25)16-22(29)26-18-8-10-19(11-9-18)33-21-7-5-4-6-20(21)32-2/h4-11,17H,3,12-16H2,1-2H3,(H,26,29)(H,27,31). The fourth-order valence-electron chi connectivity index (χ4n) is 4.52. The maximum atomic E-state index is 13.0. The molecule has 8 heteroatoms. The molecule has 0 unspecified atom stereocenters. The number of benzene rings is 2. The van der Waals surface area contributed by atoms with E-state index in [4.69, 9.17) is 9.47 Å². The summed E-state index contributed by atoms with van der Waals surface area (Å²) in [6.45, 7) is 1.83. The van der Waals surface area contributed by atoms with Crippen LogP contribution in [0.25, 0.3) is 0 Å². The molecule has 1 saturated carbocycles. The lowest BCUT2D eigenvalue weighted by Gasteiger charge is -2.34. The Morgan fingerprint density at radius 2 is 1.76 bits per heavy atom. The Morgan fingerprint density at radius 3 is 2.39 bits per heavy atom. The number of hydrogen-bond donors (Lipinski definition) is 2. The Balaban J connectivity index is 1.34. The number of para-hydroxylation sites is 2. The first-order valence-electron chi connectivity index (χ1n) is 11.3. The van der Waals surface area contributed by atoms with Crippen LogP contribution in [0.1, 0.15) is 39.0 Å². The summed E-state index contributed by atoms with van der Waals surface area (Å²) in [5, 5.41) is 5.59. The van der Waals surface area contributed by atoms with E-state index in [0.29, 0.717) is 41.7 Å². The highest BCUT2D eigenvalue weighted by molar-refractivity contribution is 6.10. The summed E-state index contributed by atoms with van der Waals surface area (Å²) >= 11 is 0. The van der Waals surface area contributed by atoms with Crippen LogP contribution in [0, 0.1) is 5.92 Å². The van der Waals surface area contributed by atoms with Gasteiger partial charge >= 0.3 is 6.03 Å². The summed E-state index contributed by atoms with van der Waals surface area (Å²) in [7, 11) is 1.57. The fraction of sp³-hybridized carbons (Fsp3) is 0.400. The molecule has 1 spiro atoms. The molecule has 0 bridgehead atoms. The number of methoxy groups -OCH3 is 1. The number of carbonyl (C=O) groups excluding carboxylic acids is 3. The molecule has 1 heterocycles. The molecule has 174 valence electrons. The van der Waals surface area contributed by atoms with E-state index in [0.717, 1.165) is 24.2 Å². The molecular weight excluding hydrogens is 422 g/mol. The quantitative estimate of drug-likeness (QED) is 0.611. The summed E-state index contributed by atoms with van der Waals surface area (Å²) in [5.74, 6) is 1.64. The van der Waals surface area contributed by atoms with E-state index in [1.807, 2.05) is 12.1 Å². The highest BCUT2D eigenvalue weighted by atomic mass is 16.5. The van der Waals surface area contributed by atoms with Gasteiger partial charge in [0.15, 0.2) is 11.5 Å². The molecule has 0 radical (unpaired) electrons. The van der Waals surface area contributed by atoms with Crippen LogP contribution in [0.15, 0.2) is 48.5 Å². The van der Waals surface area contributed by atoms with Crippen molar-refractivity contribution in [1.29, 1.82) is 0 Å². The predicted molar refractivity (Wildman–Crippen MR) is 123 cm³/mol. The monoisotopic (exact) mass is 451 g/mol. The van der Waals surface area contributed by atoms with Gasteiger partial charge in [0.2, 0.25) is 5.91 Å². The van der Waals surface area contributed by atoms with Gasteiger partial charge in [-0.15, -0.1) is 0 Å². The number of ether oxygens (including phenoxy) is 2. The van der Waals surface area contributed by atoms with Gasteiger partial charge in [0, 0.05) is 5.69 Å². The fourth-order valence-corrected chi connectivity index (χ4v) is 4.52. The molecule has 4 amide bonds. The van der Waals surface area contributed by atoms with Gasteiger partial charge in [0.05, 0.1) is 7.11 Å². The van der Waals surface area contributed by atoms with Gasteiger partial charge in [-0.2, -0.15) is 0 Å². The molecule has 1 aliphatic carbocycles. The van der Waals surface area contributed by atoms with E-state index in [1.165, 1.54) is 0 Å². The third kappa shape index (κ3) is 4.79. The highest BCUT2D eigenvalue weighted by Crippen LogP contribution is 2.37. The van der Waals surface area contributed by atoms with Crippen LogP contribution in [-0.2, 0) is 9.59 Å². The van der Waals surface area contributed by atoms with Crippen molar-refractivity contribution < 1.29 is 23.9 Å². The first-order valence-corrected chi connectivity index (χ1v) is 11.3. The normalized spacial score (nSPS) is 22.2. The summed E-state index contributed by atoms with van der Waals surface area (Å²) < 4.78 is 11.1. The topological polar surface area (TPSA) is 97.0 Å². The predicted octanol–water partition coefficient (Wildman–Crippen LogP) is 4.32. The van der Waals surface area contributed by atoms with Crippen molar-refractivity contribution >= 4 is 23.5 Å². The van der Waals surface area contributed by atoms with Gasteiger partial charge in [-0.3, -0.25) is 14.5 Å². The Kier molecular flexibility index (Phi) is 6.53. The highest BCUT2D eigenvalue weighted by Gasteiger charge is 2.52. The second kappa shape index (κ2) is 9.52. The van der Waals surface area contributed by atoms with Gasteiger partial charge < -0.3 is 20.1 Å². The van der Waals surface area contributed by atoms with E-state index >= 15 is 0 Å². The lowest BCUT2D eigenvalue weighted by Crippen LogP contribution is -2.49. The number of hydrogen-bond acceptors (Lipinski definition) is 5. The van der Waals surface area contributed by atoms with Crippen LogP contribution in [0.4, 0.5) is 10.5 Å². The minimum absolute atomic E-state index is 0.294. The third-order valence-corrected chi connectivity index (χ3v) is 6.52. The number of urea groups is 1. The van der Waals surface area contributed by atoms with Crippen LogP contribution in [0.5, 0.6) is 17.2 Å². The second-order valence-corrected chi connectivity index (χ2v) is 8.58. The van der Waals surface area contributed by atoms with Crippen molar-refractivity contribution in [3.8, 4) is 17.2 Å². The van der Waals surface area contributed by atoms with Crippen LogP contribution >= 0.6 is 0 Å². The van der Waals surface area contributed by atoms with Crippen molar-refractivity contribution in [2.45, 2.75) is 44.6 Å². The first-order chi connectivity index (χ1) is 15.9. The average Bonchev–Trinajstić information content (AvgIpc) is 3.05. The molecule has 0 atom stereocenters. The van der Waals surface area contributed by atoms with Gasteiger partial charge in [-0.1, -0.05) is 25.5 Å². The Hall–Kier alpha value is -3.55. The molecule has 4 rings (SSSR count). The number of rotatable bonds is 7. The zero-order valence-corrected chi connectivity index (χ0v) is 18.9. The molecule has 2 aliphatic rings. The van der Waals surface area contributed by atoms with E-state index < -0.39 is 17.5 Å². The minimum atomic E-state index is -0.847. The number of amides is 4. The Bertz CT molecular complexity index is 1030. The van der Waals surface area contributed by atoms with Gasteiger partial charge in [0.25, 0.3) is 5.91 Å². The third-order valence-electron chi connectivity index (χ3n) is 6.52. The minimum Gasteiger partial charge on any atom is -0.493 e. The van der Waals surface area contributed by atoms with E-state index in [-0.39, 0.29) is 12.5 Å². The number of imide groups is 1. The molecular formula is C25H29N3O5. The van der Waals surface area contributed by atoms with Crippen LogP contribution in [0.2, 0.25) is 0 Å². The summed E-state index contributed by atoms with van der Waals surface area (Å²) in [6.07, 6.45) is 4.15. The SMILES string of the molecule is CCC1CCC2(CC1)NC(=O)N(CC(=O)Nc1ccc(Oc3ccccc3OC)cc1)C2=O. The maximum Gasteiger partial charge on any atom is 0.325 e. The largest absolute Gasteiger partial charge is 0.493 e. The smallest absolute Gasteiger partial charge is 0.325 e. The molecule has 1 aliphatic heterocycles. The second-order valence-electron chi connectivity index (χ2n) is 8.58. The molecule has 8 nitrogen and oxygen atoms in total. The molecule has 33 heavy (non-hydrogen) atoms. The maximum absolute atomic E-state index is 13.0. The molecule has 2 fully saturated rings. The van der Waals surface area contributed by atoms with Gasteiger partial charge in [-0.05, 0) is 68.0 Å². The van der Waals surface area contributed by atoms with E-state index in [9.17, 15) is 14.4 Å². The molecule has 2 aromatic carbocycles. The van der Waals surface area contributed by atoms with E-state index in [1.54, 1.807) is 43.5 Å². The average molecular weight is 452 g/mol. The first kappa shape index (κ1) is 22.6. The molecule has 1 saturated heterocycles. The lowest BCUT2D eigenvalue weighted by atomic mass is 9.75. The van der Waals surface area contributed by atoms with Crippen molar-refractivity contribution in [3.05, 3.63) is 48.5 Å². The summed E-state index contributed by atoms with van der Waals surface area (Å²) in [6, 6.07) is 13.6. The van der Waals surface area contributed by atoms with Crippen molar-refractivity contribution in [2.24, 2.45) is 5.92 Å².